The van der Waals surface area contributed by atoms with E-state index in [1.54, 1.807) is 24.3 Å². The van der Waals surface area contributed by atoms with Crippen LogP contribution in [-0.4, -0.2) is 46.7 Å². The first-order valence-electron chi connectivity index (χ1n) is 8.61. The number of aromatic nitrogens is 2. The lowest BCUT2D eigenvalue weighted by molar-refractivity contribution is 0.0692. The molecular weight excluding hydrogens is 368 g/mol. The molecule has 1 fully saturated rings. The summed E-state index contributed by atoms with van der Waals surface area (Å²) in [6.07, 6.45) is 2.91. The molecule has 142 valence electrons. The van der Waals surface area contributed by atoms with E-state index in [4.69, 9.17) is 5.26 Å². The van der Waals surface area contributed by atoms with Crippen LogP contribution >= 0.6 is 0 Å². The number of nitrogens with zero attached hydrogens (tertiary/aromatic N) is 4. The van der Waals surface area contributed by atoms with Gasteiger partial charge in [-0.1, -0.05) is 19.1 Å². The van der Waals surface area contributed by atoms with Crippen molar-refractivity contribution in [3.8, 4) is 6.07 Å². The van der Waals surface area contributed by atoms with Crippen molar-refractivity contribution < 1.29 is 18.3 Å². The Bertz CT molecular complexity index is 1010. The van der Waals surface area contributed by atoms with E-state index in [1.165, 1.54) is 15.2 Å². The molecule has 0 spiro atoms. The third-order valence-electron chi connectivity index (χ3n) is 4.56. The average Bonchev–Trinajstić information content (AvgIpc) is 3.07. The van der Waals surface area contributed by atoms with E-state index in [2.05, 4.69) is 5.10 Å². The van der Waals surface area contributed by atoms with Crippen LogP contribution in [0.1, 0.15) is 41.3 Å². The van der Waals surface area contributed by atoms with Crippen LogP contribution in [-0.2, 0) is 16.6 Å². The van der Waals surface area contributed by atoms with E-state index in [0.29, 0.717) is 18.7 Å². The van der Waals surface area contributed by atoms with E-state index in [1.807, 2.05) is 13.0 Å². The Morgan fingerprint density at radius 2 is 2.22 bits per heavy atom. The summed E-state index contributed by atoms with van der Waals surface area (Å²) >= 11 is 0. The highest BCUT2D eigenvalue weighted by Gasteiger charge is 2.34. The summed E-state index contributed by atoms with van der Waals surface area (Å²) in [5.41, 5.74) is 0.849. The maximum atomic E-state index is 13.0. The van der Waals surface area contributed by atoms with Crippen molar-refractivity contribution in [3.05, 3.63) is 47.2 Å². The highest BCUT2D eigenvalue weighted by atomic mass is 32.2. The molecule has 8 nitrogen and oxygen atoms in total. The fourth-order valence-electron chi connectivity index (χ4n) is 3.24. The molecule has 3 rings (SSSR count). The molecule has 1 aromatic carbocycles. The summed E-state index contributed by atoms with van der Waals surface area (Å²) in [6, 6.07) is 8.82. The van der Waals surface area contributed by atoms with Gasteiger partial charge in [0, 0.05) is 19.3 Å². The number of nitriles is 1. The Balaban J connectivity index is 1.96. The number of aromatic carboxylic acids is 1. The van der Waals surface area contributed by atoms with E-state index in [0.717, 1.165) is 18.4 Å². The van der Waals surface area contributed by atoms with Crippen LogP contribution < -0.4 is 0 Å². The fraction of sp³-hybridized carbons (Fsp3) is 0.389. The van der Waals surface area contributed by atoms with Crippen LogP contribution in [0.2, 0.25) is 0 Å². The molecule has 1 aliphatic rings. The predicted octanol–water partition coefficient (Wildman–Crippen LogP) is 1.92. The molecule has 2 heterocycles. The van der Waals surface area contributed by atoms with Crippen molar-refractivity contribution in [2.24, 2.45) is 5.92 Å². The van der Waals surface area contributed by atoms with Crippen LogP contribution in [0.4, 0.5) is 0 Å². The second-order valence-electron chi connectivity index (χ2n) is 6.77. The molecule has 1 atom stereocenters. The first kappa shape index (κ1) is 19.1. The lowest BCUT2D eigenvalue weighted by atomic mass is 10.0. The van der Waals surface area contributed by atoms with Gasteiger partial charge in [-0.05, 0) is 36.5 Å². The Morgan fingerprint density at radius 3 is 2.89 bits per heavy atom. The van der Waals surface area contributed by atoms with Crippen molar-refractivity contribution in [2.45, 2.75) is 31.3 Å². The maximum absolute atomic E-state index is 13.0. The Morgan fingerprint density at radius 1 is 1.44 bits per heavy atom. The monoisotopic (exact) mass is 388 g/mol. The molecule has 0 saturated carbocycles. The number of hydrogen-bond donors (Lipinski definition) is 1. The van der Waals surface area contributed by atoms with Gasteiger partial charge in [0.05, 0.1) is 18.2 Å². The van der Waals surface area contributed by atoms with E-state index >= 15 is 0 Å². The zero-order chi connectivity index (χ0) is 19.6. The molecule has 0 unspecified atom stereocenters. The minimum atomic E-state index is -3.99. The lowest BCUT2D eigenvalue weighted by Crippen LogP contribution is -2.39. The smallest absolute Gasteiger partial charge is 0.340 e. The van der Waals surface area contributed by atoms with Gasteiger partial charge in [0.25, 0.3) is 10.0 Å². The number of benzene rings is 1. The zero-order valence-corrected chi connectivity index (χ0v) is 15.7. The largest absolute Gasteiger partial charge is 0.478 e. The van der Waals surface area contributed by atoms with Gasteiger partial charge >= 0.3 is 5.97 Å². The van der Waals surface area contributed by atoms with Gasteiger partial charge in [-0.2, -0.15) is 14.7 Å². The molecule has 0 bridgehead atoms. The van der Waals surface area contributed by atoms with Crippen molar-refractivity contribution in [3.63, 3.8) is 0 Å². The molecule has 1 aliphatic heterocycles. The molecule has 0 radical (unpaired) electrons. The normalized spacial score (nSPS) is 18.1. The molecule has 1 aromatic heterocycles. The highest BCUT2D eigenvalue weighted by Crippen LogP contribution is 2.25. The Hall–Kier alpha value is -2.70. The van der Waals surface area contributed by atoms with E-state index in [9.17, 15) is 18.3 Å². The number of rotatable bonds is 5. The van der Waals surface area contributed by atoms with Crippen molar-refractivity contribution in [1.82, 2.24) is 14.1 Å². The van der Waals surface area contributed by atoms with Crippen molar-refractivity contribution in [2.75, 3.05) is 13.1 Å². The molecule has 0 amide bonds. The minimum absolute atomic E-state index is 0.168. The molecular formula is C18H20N4O4S. The second-order valence-corrected chi connectivity index (χ2v) is 8.63. The maximum Gasteiger partial charge on any atom is 0.340 e. The number of carboxylic acids is 1. The molecule has 0 aliphatic carbocycles. The number of sulfonamides is 1. The Kier molecular flexibility index (Phi) is 5.30. The van der Waals surface area contributed by atoms with Crippen LogP contribution in [0.3, 0.4) is 0 Å². The van der Waals surface area contributed by atoms with Crippen LogP contribution in [0.15, 0.2) is 35.5 Å². The first-order chi connectivity index (χ1) is 12.8. The van der Waals surface area contributed by atoms with Crippen molar-refractivity contribution in [1.29, 1.82) is 5.26 Å². The molecule has 1 saturated heterocycles. The van der Waals surface area contributed by atoms with Gasteiger partial charge in [-0.15, -0.1) is 0 Å². The average molecular weight is 388 g/mol. The summed E-state index contributed by atoms with van der Waals surface area (Å²) in [4.78, 5) is 11.6. The summed E-state index contributed by atoms with van der Waals surface area (Å²) < 4.78 is 28.5. The third-order valence-corrected chi connectivity index (χ3v) is 6.36. The van der Waals surface area contributed by atoms with Gasteiger partial charge in [-0.3, -0.25) is 4.68 Å². The fourth-order valence-corrected chi connectivity index (χ4v) is 4.93. The van der Waals surface area contributed by atoms with Gasteiger partial charge in [0.15, 0.2) is 0 Å². The Labute approximate surface area is 157 Å². The predicted molar refractivity (Wildman–Crippen MR) is 96.6 cm³/mol. The quantitative estimate of drug-likeness (QED) is 0.836. The molecule has 1 N–H and O–H groups in total. The van der Waals surface area contributed by atoms with Gasteiger partial charge in [0.1, 0.15) is 5.56 Å². The highest BCUT2D eigenvalue weighted by molar-refractivity contribution is 7.89. The van der Waals surface area contributed by atoms with Crippen LogP contribution in [0, 0.1) is 17.2 Å². The minimum Gasteiger partial charge on any atom is -0.478 e. The second kappa shape index (κ2) is 7.50. The molecule has 9 heteroatoms. The van der Waals surface area contributed by atoms with Gasteiger partial charge in [-0.25, -0.2) is 13.2 Å². The van der Waals surface area contributed by atoms with Crippen LogP contribution in [0.5, 0.6) is 0 Å². The van der Waals surface area contributed by atoms with Crippen LogP contribution in [0.25, 0.3) is 0 Å². The summed E-state index contributed by atoms with van der Waals surface area (Å²) in [5, 5.41) is 22.1. The van der Waals surface area contributed by atoms with E-state index < -0.39 is 21.0 Å². The zero-order valence-electron chi connectivity index (χ0n) is 14.9. The van der Waals surface area contributed by atoms with Crippen molar-refractivity contribution >= 4 is 16.0 Å². The van der Waals surface area contributed by atoms with E-state index in [-0.39, 0.29) is 18.0 Å². The number of hydrogen-bond acceptors (Lipinski definition) is 5. The number of carboxylic acid groups (broad SMARTS) is 1. The van der Waals surface area contributed by atoms with Gasteiger partial charge in [0.2, 0.25) is 5.03 Å². The summed E-state index contributed by atoms with van der Waals surface area (Å²) in [5.74, 6) is -1.12. The molecule has 2 aromatic rings. The van der Waals surface area contributed by atoms with Gasteiger partial charge < -0.3 is 5.11 Å². The summed E-state index contributed by atoms with van der Waals surface area (Å²) in [7, 11) is -3.99. The summed E-state index contributed by atoms with van der Waals surface area (Å²) in [6.45, 7) is 2.86. The first-order valence-corrected chi connectivity index (χ1v) is 10.0. The SMILES string of the molecule is C[C@@H]1CCCN(S(=O)(=O)c2nn(Cc3cccc(C#N)c3)cc2C(=O)O)C1. The molecule has 27 heavy (non-hydrogen) atoms. The standard InChI is InChI=1S/C18H20N4O4S/c1-13-4-3-7-22(10-13)27(25,26)17-16(18(23)24)12-21(20-17)11-15-6-2-5-14(8-15)9-19/h2,5-6,8,12-13H,3-4,7,10-11H2,1H3,(H,23,24)/t13-/m1/s1. The lowest BCUT2D eigenvalue weighted by Gasteiger charge is -2.29. The number of piperidine rings is 1. The number of carbonyl (C=O) groups is 1. The topological polar surface area (TPSA) is 116 Å². The third kappa shape index (κ3) is 4.02.